The SMILES string of the molecule is CC[CH]c1c(C(F)(F)C(F)(F)C(F)(F)C(F)(F)F)cccc1C(F)(F)C(F)(F)C(F)(F)C(F)(F)F. The first-order chi connectivity index (χ1) is 15.2. The van der Waals surface area contributed by atoms with E-state index >= 15 is 0 Å². The standard InChI is InChI=1S/C17H9F18/c1-2-4-7-8(10(18,19)12(22,23)14(26,27)16(30,31)32)5-3-6-9(7)11(20,21)13(24,25)15(28,29)17(33,34)35/h3-6H,2H2,1H3. The highest BCUT2D eigenvalue weighted by Crippen LogP contribution is 2.60. The van der Waals surface area contributed by atoms with E-state index in [1.807, 2.05) is 0 Å². The van der Waals surface area contributed by atoms with E-state index in [9.17, 15) is 79.0 Å². The van der Waals surface area contributed by atoms with Gasteiger partial charge in [0.15, 0.2) is 0 Å². The Morgan fingerprint density at radius 1 is 0.514 bits per heavy atom. The average molecular weight is 555 g/mol. The highest BCUT2D eigenvalue weighted by Gasteiger charge is 2.84. The zero-order valence-corrected chi connectivity index (χ0v) is 16.3. The maximum Gasteiger partial charge on any atom is 0.460 e. The van der Waals surface area contributed by atoms with E-state index in [0.29, 0.717) is 0 Å². The van der Waals surface area contributed by atoms with Gasteiger partial charge >= 0.3 is 47.9 Å². The van der Waals surface area contributed by atoms with E-state index < -0.39 is 83.1 Å². The van der Waals surface area contributed by atoms with Crippen LogP contribution in [0.25, 0.3) is 0 Å². The Bertz CT molecular complexity index is 836. The highest BCUT2D eigenvalue weighted by atomic mass is 19.4. The van der Waals surface area contributed by atoms with Crippen molar-refractivity contribution in [1.82, 2.24) is 0 Å². The monoisotopic (exact) mass is 555 g/mol. The highest BCUT2D eigenvalue weighted by molar-refractivity contribution is 5.47. The summed E-state index contributed by atoms with van der Waals surface area (Å²) in [4.78, 5) is 0. The van der Waals surface area contributed by atoms with Gasteiger partial charge in [-0.2, -0.15) is 79.0 Å². The predicted molar refractivity (Wildman–Crippen MR) is 79.8 cm³/mol. The van der Waals surface area contributed by atoms with Gasteiger partial charge in [-0.3, -0.25) is 0 Å². The van der Waals surface area contributed by atoms with Crippen molar-refractivity contribution in [3.05, 3.63) is 41.3 Å². The minimum absolute atomic E-state index is 0.171. The Kier molecular flexibility index (Phi) is 7.54. The van der Waals surface area contributed by atoms with E-state index in [4.69, 9.17) is 0 Å². The molecule has 0 amide bonds. The fraction of sp³-hybridized carbons (Fsp3) is 0.588. The summed E-state index contributed by atoms with van der Waals surface area (Å²) in [5.41, 5.74) is -8.20. The molecule has 0 bridgehead atoms. The molecule has 1 radical (unpaired) electrons. The number of halogens is 18. The molecule has 0 saturated heterocycles. The molecule has 1 rings (SSSR count). The molecule has 0 aromatic heterocycles. The molecule has 0 N–H and O–H groups in total. The van der Waals surface area contributed by atoms with Crippen LogP contribution in [-0.2, 0) is 11.8 Å². The maximum atomic E-state index is 14.3. The number of hydrogen-bond acceptors (Lipinski definition) is 0. The lowest BCUT2D eigenvalue weighted by Crippen LogP contribution is -2.60. The lowest BCUT2D eigenvalue weighted by Gasteiger charge is -2.37. The molecule has 0 spiro atoms. The fourth-order valence-corrected chi connectivity index (χ4v) is 2.63. The molecule has 203 valence electrons. The summed E-state index contributed by atoms with van der Waals surface area (Å²) in [6, 6.07) is -1.34. The Morgan fingerprint density at radius 3 is 1.03 bits per heavy atom. The van der Waals surface area contributed by atoms with Crippen LogP contribution in [0.1, 0.15) is 30.0 Å². The quantitative estimate of drug-likeness (QED) is 0.283. The van der Waals surface area contributed by atoms with Gasteiger partial charge in [0.25, 0.3) is 0 Å². The summed E-state index contributed by atoms with van der Waals surface area (Å²) < 4.78 is 239. The first kappa shape index (κ1) is 31.0. The van der Waals surface area contributed by atoms with Crippen molar-refractivity contribution < 1.29 is 79.0 Å². The summed E-state index contributed by atoms with van der Waals surface area (Å²) in [5.74, 6) is -43.7. The topological polar surface area (TPSA) is 0 Å². The number of rotatable bonds is 8. The second-order valence-electron chi connectivity index (χ2n) is 6.82. The lowest BCUT2D eigenvalue weighted by atomic mass is 9.84. The first-order valence-corrected chi connectivity index (χ1v) is 8.55. The molecule has 0 aliphatic carbocycles. The zero-order chi connectivity index (χ0) is 28.3. The van der Waals surface area contributed by atoms with Gasteiger partial charge in [0.1, 0.15) is 0 Å². The van der Waals surface area contributed by atoms with Crippen LogP contribution in [0.3, 0.4) is 0 Å². The number of alkyl halides is 18. The third kappa shape index (κ3) is 4.38. The Morgan fingerprint density at radius 2 is 0.800 bits per heavy atom. The van der Waals surface area contributed by atoms with Crippen molar-refractivity contribution in [2.75, 3.05) is 0 Å². The zero-order valence-electron chi connectivity index (χ0n) is 16.3. The molecule has 1 aromatic rings. The number of hydrogen-bond donors (Lipinski definition) is 0. The van der Waals surface area contributed by atoms with Crippen molar-refractivity contribution >= 4 is 0 Å². The third-order valence-corrected chi connectivity index (χ3v) is 4.48. The molecule has 18 heteroatoms. The molecule has 0 fully saturated rings. The van der Waals surface area contributed by atoms with Crippen molar-refractivity contribution in [2.24, 2.45) is 0 Å². The lowest BCUT2D eigenvalue weighted by molar-refractivity contribution is -0.400. The average Bonchev–Trinajstić information content (AvgIpc) is 2.65. The molecule has 1 aromatic carbocycles. The van der Waals surface area contributed by atoms with Gasteiger partial charge in [-0.25, -0.2) is 0 Å². The van der Waals surface area contributed by atoms with Gasteiger partial charge in [-0.1, -0.05) is 25.1 Å². The van der Waals surface area contributed by atoms with E-state index in [0.717, 1.165) is 6.92 Å². The van der Waals surface area contributed by atoms with Gasteiger partial charge in [0, 0.05) is 11.1 Å². The predicted octanol–water partition coefficient (Wildman–Crippen LogP) is 8.50. The normalized spacial score (nSPS) is 15.5. The van der Waals surface area contributed by atoms with E-state index in [2.05, 4.69) is 0 Å². The van der Waals surface area contributed by atoms with Crippen LogP contribution in [-0.4, -0.2) is 36.0 Å². The molecule has 0 aliphatic rings. The summed E-state index contributed by atoms with van der Waals surface area (Å²) in [6.07, 6.45) is -15.8. The van der Waals surface area contributed by atoms with Crippen molar-refractivity contribution in [1.29, 1.82) is 0 Å². The van der Waals surface area contributed by atoms with E-state index in [1.165, 1.54) is 0 Å². The van der Waals surface area contributed by atoms with Gasteiger partial charge in [-0.05, 0) is 18.4 Å². The van der Waals surface area contributed by atoms with Crippen LogP contribution < -0.4 is 0 Å². The Balaban J connectivity index is 3.99. The van der Waals surface area contributed by atoms with Crippen molar-refractivity contribution in [2.45, 2.75) is 61.2 Å². The largest absolute Gasteiger partial charge is 0.460 e. The smallest absolute Gasteiger partial charge is 0.194 e. The van der Waals surface area contributed by atoms with Crippen LogP contribution in [0, 0.1) is 6.42 Å². The molecule has 0 atom stereocenters. The Hall–Kier alpha value is -2.04. The molecule has 0 saturated carbocycles. The number of benzene rings is 1. The molecule has 0 heterocycles. The van der Waals surface area contributed by atoms with Crippen molar-refractivity contribution in [3.8, 4) is 0 Å². The van der Waals surface area contributed by atoms with Gasteiger partial charge < -0.3 is 0 Å². The second kappa shape index (κ2) is 8.52. The summed E-state index contributed by atoms with van der Waals surface area (Å²) in [5, 5.41) is 0. The molecular formula is C17H9F18. The fourth-order valence-electron chi connectivity index (χ4n) is 2.63. The van der Waals surface area contributed by atoms with Crippen LogP contribution in [0.5, 0.6) is 0 Å². The molecular weight excluding hydrogens is 546 g/mol. The molecule has 0 aliphatic heterocycles. The van der Waals surface area contributed by atoms with Gasteiger partial charge in [-0.15, -0.1) is 0 Å². The minimum atomic E-state index is -7.56. The first-order valence-electron chi connectivity index (χ1n) is 8.55. The van der Waals surface area contributed by atoms with Crippen LogP contribution in [0.4, 0.5) is 79.0 Å². The summed E-state index contributed by atoms with van der Waals surface area (Å²) in [6.45, 7) is 0.766. The maximum absolute atomic E-state index is 14.3. The summed E-state index contributed by atoms with van der Waals surface area (Å²) >= 11 is 0. The Labute approximate surface area is 182 Å². The second-order valence-corrected chi connectivity index (χ2v) is 6.82. The van der Waals surface area contributed by atoms with Crippen LogP contribution in [0.15, 0.2) is 18.2 Å². The third-order valence-electron chi connectivity index (χ3n) is 4.48. The molecule has 35 heavy (non-hydrogen) atoms. The minimum Gasteiger partial charge on any atom is -0.194 e. The summed E-state index contributed by atoms with van der Waals surface area (Å²) in [7, 11) is 0. The molecule has 0 unspecified atom stereocenters. The van der Waals surface area contributed by atoms with Gasteiger partial charge in [0.2, 0.25) is 0 Å². The van der Waals surface area contributed by atoms with Gasteiger partial charge in [0.05, 0.1) is 0 Å². The molecule has 0 nitrogen and oxygen atoms in total. The van der Waals surface area contributed by atoms with Crippen LogP contribution >= 0.6 is 0 Å². The van der Waals surface area contributed by atoms with E-state index in [1.54, 1.807) is 0 Å². The van der Waals surface area contributed by atoms with Crippen molar-refractivity contribution in [3.63, 3.8) is 0 Å². The van der Waals surface area contributed by atoms with E-state index in [-0.39, 0.29) is 12.5 Å². The van der Waals surface area contributed by atoms with Crippen LogP contribution in [0.2, 0.25) is 0 Å².